The minimum absolute atomic E-state index is 0.351. The van der Waals surface area contributed by atoms with Crippen molar-refractivity contribution in [2.45, 2.75) is 0 Å². The van der Waals surface area contributed by atoms with Crippen molar-refractivity contribution in [2.24, 2.45) is 0 Å². The number of nitrogens with one attached hydrogen (secondary N) is 1. The van der Waals surface area contributed by atoms with Crippen molar-refractivity contribution in [2.75, 3.05) is 7.05 Å². The van der Waals surface area contributed by atoms with Crippen molar-refractivity contribution in [1.82, 2.24) is 5.32 Å². The molecule has 0 aromatic heterocycles. The predicted molar refractivity (Wildman–Crippen MR) is 46.9 cm³/mol. The molecule has 4 heteroatoms. The Morgan fingerprint density at radius 3 is 2.92 bits per heavy atom. The Hall–Kier alpha value is -1.84. The Bertz CT molecular complexity index is 322. The van der Waals surface area contributed by atoms with Gasteiger partial charge in [0.25, 0.3) is 0 Å². The van der Waals surface area contributed by atoms with E-state index in [0.717, 1.165) is 0 Å². The molecule has 0 unspecified atom stereocenters. The van der Waals surface area contributed by atoms with Gasteiger partial charge in [-0.05, 0) is 12.1 Å². The lowest BCUT2D eigenvalue weighted by Gasteiger charge is -2.02. The SMILES string of the molecule is CNC(=O)Oc1cccc(C=O)c1. The molecule has 1 N–H and O–H groups in total. The molecular formula is C9H9NO3. The van der Waals surface area contributed by atoms with Crippen LogP contribution in [0.5, 0.6) is 5.75 Å². The van der Waals surface area contributed by atoms with Gasteiger partial charge in [0, 0.05) is 12.6 Å². The molecule has 1 aromatic rings. The lowest BCUT2D eigenvalue weighted by Crippen LogP contribution is -2.22. The first-order valence-corrected chi connectivity index (χ1v) is 3.71. The van der Waals surface area contributed by atoms with Crippen LogP contribution in [0.25, 0.3) is 0 Å². The number of rotatable bonds is 2. The van der Waals surface area contributed by atoms with Crippen molar-refractivity contribution < 1.29 is 14.3 Å². The van der Waals surface area contributed by atoms with Crippen LogP contribution in [-0.2, 0) is 0 Å². The van der Waals surface area contributed by atoms with Gasteiger partial charge in [-0.15, -0.1) is 0 Å². The van der Waals surface area contributed by atoms with E-state index in [4.69, 9.17) is 4.74 Å². The van der Waals surface area contributed by atoms with E-state index in [0.29, 0.717) is 17.6 Å². The largest absolute Gasteiger partial charge is 0.412 e. The summed E-state index contributed by atoms with van der Waals surface area (Å²) >= 11 is 0. The fourth-order valence-corrected chi connectivity index (χ4v) is 0.809. The molecule has 1 aromatic carbocycles. The minimum atomic E-state index is -0.553. The summed E-state index contributed by atoms with van der Waals surface area (Å²) in [4.78, 5) is 21.1. The highest BCUT2D eigenvalue weighted by Gasteiger charge is 2.00. The quantitative estimate of drug-likeness (QED) is 0.694. The van der Waals surface area contributed by atoms with E-state index in [2.05, 4.69) is 5.32 Å². The molecular weight excluding hydrogens is 170 g/mol. The van der Waals surface area contributed by atoms with Gasteiger partial charge in [-0.1, -0.05) is 12.1 Å². The number of carbonyl (C=O) groups excluding carboxylic acids is 2. The Balaban J connectivity index is 2.77. The number of ether oxygens (including phenoxy) is 1. The maximum atomic E-state index is 10.8. The van der Waals surface area contributed by atoms with Crippen LogP contribution in [0.4, 0.5) is 4.79 Å². The van der Waals surface area contributed by atoms with Crippen LogP contribution in [-0.4, -0.2) is 19.4 Å². The summed E-state index contributed by atoms with van der Waals surface area (Å²) in [7, 11) is 1.46. The van der Waals surface area contributed by atoms with Gasteiger partial charge in [-0.3, -0.25) is 4.79 Å². The molecule has 0 saturated carbocycles. The number of hydrogen-bond acceptors (Lipinski definition) is 3. The molecule has 1 rings (SSSR count). The zero-order valence-corrected chi connectivity index (χ0v) is 7.11. The van der Waals surface area contributed by atoms with Gasteiger partial charge in [0.2, 0.25) is 0 Å². The molecule has 0 fully saturated rings. The zero-order valence-electron chi connectivity index (χ0n) is 7.11. The Morgan fingerprint density at radius 2 is 2.31 bits per heavy atom. The van der Waals surface area contributed by atoms with Gasteiger partial charge in [0.05, 0.1) is 0 Å². The molecule has 0 aliphatic rings. The van der Waals surface area contributed by atoms with Crippen molar-refractivity contribution in [3.05, 3.63) is 29.8 Å². The summed E-state index contributed by atoms with van der Waals surface area (Å²) in [5.41, 5.74) is 0.474. The normalized spacial score (nSPS) is 9.00. The molecule has 0 aliphatic carbocycles. The number of benzene rings is 1. The molecule has 4 nitrogen and oxygen atoms in total. The maximum Gasteiger partial charge on any atom is 0.412 e. The highest BCUT2D eigenvalue weighted by molar-refractivity contribution is 5.76. The maximum absolute atomic E-state index is 10.8. The van der Waals surface area contributed by atoms with Gasteiger partial charge < -0.3 is 10.1 Å². The topological polar surface area (TPSA) is 55.4 Å². The summed E-state index contributed by atoms with van der Waals surface area (Å²) in [5.74, 6) is 0.351. The summed E-state index contributed by atoms with van der Waals surface area (Å²) in [5, 5.41) is 2.30. The van der Waals surface area contributed by atoms with E-state index in [-0.39, 0.29) is 0 Å². The van der Waals surface area contributed by atoms with Crippen molar-refractivity contribution >= 4 is 12.4 Å². The Morgan fingerprint density at radius 1 is 1.54 bits per heavy atom. The Labute approximate surface area is 75.5 Å². The first-order valence-electron chi connectivity index (χ1n) is 3.71. The first kappa shape index (κ1) is 9.25. The summed E-state index contributed by atoms with van der Waals surface area (Å²) in [6.45, 7) is 0. The van der Waals surface area contributed by atoms with Crippen LogP contribution in [0.1, 0.15) is 10.4 Å². The summed E-state index contributed by atoms with van der Waals surface area (Å²) in [6, 6.07) is 6.36. The van der Waals surface area contributed by atoms with E-state index in [1.165, 1.54) is 13.1 Å². The third-order valence-corrected chi connectivity index (χ3v) is 1.41. The average molecular weight is 179 g/mol. The van der Waals surface area contributed by atoms with Gasteiger partial charge in [0.1, 0.15) is 12.0 Å². The second kappa shape index (κ2) is 4.25. The molecule has 13 heavy (non-hydrogen) atoms. The van der Waals surface area contributed by atoms with Crippen molar-refractivity contribution in [1.29, 1.82) is 0 Å². The third-order valence-electron chi connectivity index (χ3n) is 1.41. The summed E-state index contributed by atoms with van der Waals surface area (Å²) < 4.78 is 4.80. The molecule has 0 saturated heterocycles. The monoisotopic (exact) mass is 179 g/mol. The highest BCUT2D eigenvalue weighted by Crippen LogP contribution is 2.11. The Kier molecular flexibility index (Phi) is 3.03. The zero-order chi connectivity index (χ0) is 9.68. The molecule has 0 radical (unpaired) electrons. The molecule has 0 heterocycles. The van der Waals surface area contributed by atoms with E-state index >= 15 is 0 Å². The number of carbonyl (C=O) groups is 2. The van der Waals surface area contributed by atoms with Crippen LogP contribution < -0.4 is 10.1 Å². The second-order valence-corrected chi connectivity index (χ2v) is 2.33. The molecule has 1 amide bonds. The molecule has 68 valence electrons. The highest BCUT2D eigenvalue weighted by atomic mass is 16.5. The number of hydrogen-bond donors (Lipinski definition) is 1. The van der Waals surface area contributed by atoms with Crippen LogP contribution in [0.15, 0.2) is 24.3 Å². The fourth-order valence-electron chi connectivity index (χ4n) is 0.809. The van der Waals surface area contributed by atoms with Crippen LogP contribution in [0.3, 0.4) is 0 Å². The molecule has 0 atom stereocenters. The first-order chi connectivity index (χ1) is 6.26. The van der Waals surface area contributed by atoms with Crippen LogP contribution >= 0.6 is 0 Å². The average Bonchev–Trinajstić information content (AvgIpc) is 2.18. The lowest BCUT2D eigenvalue weighted by molar-refractivity contribution is 0.112. The predicted octanol–water partition coefficient (Wildman–Crippen LogP) is 1.22. The fraction of sp³-hybridized carbons (Fsp3) is 0.111. The molecule has 0 bridgehead atoms. The van der Waals surface area contributed by atoms with E-state index in [9.17, 15) is 9.59 Å². The van der Waals surface area contributed by atoms with E-state index < -0.39 is 6.09 Å². The number of amides is 1. The van der Waals surface area contributed by atoms with Crippen LogP contribution in [0, 0.1) is 0 Å². The van der Waals surface area contributed by atoms with Crippen molar-refractivity contribution in [3.8, 4) is 5.75 Å². The standard InChI is InChI=1S/C9H9NO3/c1-10-9(12)13-8-4-2-3-7(5-8)6-11/h2-6H,1H3,(H,10,12). The van der Waals surface area contributed by atoms with Gasteiger partial charge in [-0.2, -0.15) is 0 Å². The van der Waals surface area contributed by atoms with E-state index in [1.807, 2.05) is 0 Å². The summed E-state index contributed by atoms with van der Waals surface area (Å²) in [6.07, 6.45) is 0.138. The lowest BCUT2D eigenvalue weighted by atomic mass is 10.2. The van der Waals surface area contributed by atoms with Crippen molar-refractivity contribution in [3.63, 3.8) is 0 Å². The van der Waals surface area contributed by atoms with Gasteiger partial charge >= 0.3 is 6.09 Å². The van der Waals surface area contributed by atoms with Crippen LogP contribution in [0.2, 0.25) is 0 Å². The molecule has 0 aliphatic heterocycles. The van der Waals surface area contributed by atoms with Gasteiger partial charge in [-0.25, -0.2) is 4.79 Å². The molecule has 0 spiro atoms. The number of aldehydes is 1. The second-order valence-electron chi connectivity index (χ2n) is 2.33. The minimum Gasteiger partial charge on any atom is -0.410 e. The van der Waals surface area contributed by atoms with E-state index in [1.54, 1.807) is 18.2 Å². The van der Waals surface area contributed by atoms with Gasteiger partial charge in [0.15, 0.2) is 0 Å². The smallest absolute Gasteiger partial charge is 0.410 e. The third kappa shape index (κ3) is 2.59.